The molecule has 0 aromatic heterocycles. The third-order valence-corrected chi connectivity index (χ3v) is 2.62. The summed E-state index contributed by atoms with van der Waals surface area (Å²) in [5.74, 6) is 0.415. The minimum Gasteiger partial charge on any atom is -0.477 e. The number of benzene rings is 1. The fourth-order valence-corrected chi connectivity index (χ4v) is 1.82. The van der Waals surface area contributed by atoms with Gasteiger partial charge in [-0.05, 0) is 19.1 Å². The van der Waals surface area contributed by atoms with Gasteiger partial charge in [0.25, 0.3) is 5.91 Å². The zero-order valence-corrected chi connectivity index (χ0v) is 9.21. The number of carbonyl (C=O) groups is 1. The third-order valence-electron chi connectivity index (χ3n) is 2.40. The van der Waals surface area contributed by atoms with Crippen molar-refractivity contribution in [2.45, 2.75) is 13.0 Å². The zero-order valence-electron chi connectivity index (χ0n) is 8.45. The number of hydrogen-bond donors (Lipinski definition) is 1. The predicted octanol–water partition coefficient (Wildman–Crippen LogP) is 1.67. The van der Waals surface area contributed by atoms with E-state index in [0.717, 1.165) is 0 Å². The van der Waals surface area contributed by atoms with E-state index in [-0.39, 0.29) is 5.91 Å². The van der Waals surface area contributed by atoms with Crippen molar-refractivity contribution in [1.82, 2.24) is 0 Å². The van der Waals surface area contributed by atoms with Crippen LogP contribution in [-0.2, 0) is 4.79 Å². The third kappa shape index (κ3) is 1.51. The molecule has 4 nitrogen and oxygen atoms in total. The Labute approximate surface area is 92.6 Å². The molecular weight excluding hydrogens is 216 g/mol. The maximum Gasteiger partial charge on any atom is 0.267 e. The summed E-state index contributed by atoms with van der Waals surface area (Å²) in [6, 6.07) is 3.27. The van der Waals surface area contributed by atoms with E-state index < -0.39 is 6.10 Å². The average Bonchev–Trinajstić information content (AvgIpc) is 2.17. The molecule has 0 unspecified atom stereocenters. The molecule has 5 heteroatoms. The molecular formula is C10H11ClN2O2. The van der Waals surface area contributed by atoms with E-state index in [9.17, 15) is 4.79 Å². The van der Waals surface area contributed by atoms with Crippen LogP contribution in [0.25, 0.3) is 0 Å². The first-order chi connectivity index (χ1) is 7.00. The molecule has 0 spiro atoms. The fourth-order valence-electron chi connectivity index (χ4n) is 1.60. The summed E-state index contributed by atoms with van der Waals surface area (Å²) in [7, 11) is 1.68. The van der Waals surface area contributed by atoms with Gasteiger partial charge in [0.1, 0.15) is 0 Å². The van der Waals surface area contributed by atoms with Gasteiger partial charge in [-0.15, -0.1) is 0 Å². The Morgan fingerprint density at radius 2 is 2.20 bits per heavy atom. The van der Waals surface area contributed by atoms with E-state index in [4.69, 9.17) is 22.1 Å². The molecule has 1 aromatic rings. The second-order valence-electron chi connectivity index (χ2n) is 3.50. The van der Waals surface area contributed by atoms with Crippen LogP contribution in [0.3, 0.4) is 0 Å². The largest absolute Gasteiger partial charge is 0.477 e. The molecule has 15 heavy (non-hydrogen) atoms. The van der Waals surface area contributed by atoms with Crippen LogP contribution in [-0.4, -0.2) is 19.1 Å². The van der Waals surface area contributed by atoms with Crippen molar-refractivity contribution in [2.24, 2.45) is 0 Å². The molecule has 0 bridgehead atoms. The van der Waals surface area contributed by atoms with Crippen LogP contribution in [0, 0.1) is 0 Å². The highest BCUT2D eigenvalue weighted by molar-refractivity contribution is 6.31. The number of halogens is 1. The molecule has 2 N–H and O–H groups in total. The number of nitrogens with zero attached hydrogens (tertiary/aromatic N) is 1. The second-order valence-corrected chi connectivity index (χ2v) is 3.94. The second kappa shape index (κ2) is 3.31. The number of nitrogens with two attached hydrogens (primary N) is 1. The number of hydrogen-bond acceptors (Lipinski definition) is 3. The highest BCUT2D eigenvalue weighted by atomic mass is 35.5. The van der Waals surface area contributed by atoms with E-state index >= 15 is 0 Å². The number of amides is 1. The normalized spacial score (nSPS) is 19.8. The molecule has 1 aliphatic rings. The predicted molar refractivity (Wildman–Crippen MR) is 59.4 cm³/mol. The summed E-state index contributed by atoms with van der Waals surface area (Å²) in [6.07, 6.45) is -0.508. The number of carbonyl (C=O) groups excluding carboxylic acids is 1. The lowest BCUT2D eigenvalue weighted by atomic mass is 10.2. The Hall–Kier alpha value is -1.42. The van der Waals surface area contributed by atoms with Crippen molar-refractivity contribution in [3.63, 3.8) is 0 Å². The molecule has 1 atom stereocenters. The smallest absolute Gasteiger partial charge is 0.267 e. The summed E-state index contributed by atoms with van der Waals surface area (Å²) in [5.41, 5.74) is 6.83. The van der Waals surface area contributed by atoms with Gasteiger partial charge in [0.05, 0.1) is 11.4 Å². The topological polar surface area (TPSA) is 55.6 Å². The summed E-state index contributed by atoms with van der Waals surface area (Å²) < 4.78 is 5.43. The Morgan fingerprint density at radius 1 is 1.53 bits per heavy atom. The highest BCUT2D eigenvalue weighted by Crippen LogP contribution is 2.40. The zero-order chi connectivity index (χ0) is 11.2. The molecule has 0 saturated carbocycles. The quantitative estimate of drug-likeness (QED) is 0.685. The van der Waals surface area contributed by atoms with E-state index in [2.05, 4.69) is 0 Å². The minimum absolute atomic E-state index is 0.107. The van der Waals surface area contributed by atoms with E-state index in [1.54, 1.807) is 26.1 Å². The maximum absolute atomic E-state index is 11.6. The van der Waals surface area contributed by atoms with Gasteiger partial charge >= 0.3 is 0 Å². The van der Waals surface area contributed by atoms with Crippen LogP contribution in [0.1, 0.15) is 6.92 Å². The Bertz CT molecular complexity index is 434. The van der Waals surface area contributed by atoms with Crippen LogP contribution in [0.15, 0.2) is 12.1 Å². The van der Waals surface area contributed by atoms with Crippen LogP contribution in [0.4, 0.5) is 11.4 Å². The fraction of sp³-hybridized carbons (Fsp3) is 0.300. The Morgan fingerprint density at radius 3 is 2.87 bits per heavy atom. The molecule has 0 aliphatic carbocycles. The van der Waals surface area contributed by atoms with Crippen molar-refractivity contribution in [1.29, 1.82) is 0 Å². The SMILES string of the molecule is C[C@H]1Oc2c(N)cc(Cl)cc2N(C)C1=O. The average molecular weight is 227 g/mol. The lowest BCUT2D eigenvalue weighted by molar-refractivity contribution is -0.125. The van der Waals surface area contributed by atoms with Gasteiger partial charge in [0, 0.05) is 12.1 Å². The van der Waals surface area contributed by atoms with Crippen molar-refractivity contribution in [3.8, 4) is 5.75 Å². The Kier molecular flexibility index (Phi) is 2.23. The van der Waals surface area contributed by atoms with Crippen molar-refractivity contribution < 1.29 is 9.53 Å². The number of likely N-dealkylation sites (N-methyl/N-ethyl adjacent to an activating group) is 1. The van der Waals surface area contributed by atoms with E-state index in [1.807, 2.05) is 0 Å². The highest BCUT2D eigenvalue weighted by Gasteiger charge is 2.30. The van der Waals surface area contributed by atoms with Gasteiger partial charge in [-0.3, -0.25) is 4.79 Å². The van der Waals surface area contributed by atoms with Crippen molar-refractivity contribution in [2.75, 3.05) is 17.7 Å². The van der Waals surface area contributed by atoms with Crippen molar-refractivity contribution in [3.05, 3.63) is 17.2 Å². The van der Waals surface area contributed by atoms with Gasteiger partial charge in [-0.2, -0.15) is 0 Å². The molecule has 0 radical (unpaired) electrons. The first kappa shape index (κ1) is 10.1. The number of ether oxygens (including phenoxy) is 1. The molecule has 1 aliphatic heterocycles. The summed E-state index contributed by atoms with van der Waals surface area (Å²) in [6.45, 7) is 1.69. The van der Waals surface area contributed by atoms with Gasteiger partial charge in [0.2, 0.25) is 0 Å². The van der Waals surface area contributed by atoms with Crippen LogP contribution in [0.5, 0.6) is 5.75 Å². The minimum atomic E-state index is -0.508. The Balaban J connectivity index is 2.60. The van der Waals surface area contributed by atoms with Gasteiger partial charge in [-0.1, -0.05) is 11.6 Å². The molecule has 1 amide bonds. The van der Waals surface area contributed by atoms with Crippen LogP contribution in [0.2, 0.25) is 5.02 Å². The van der Waals surface area contributed by atoms with Crippen LogP contribution >= 0.6 is 11.6 Å². The monoisotopic (exact) mass is 226 g/mol. The van der Waals surface area contributed by atoms with E-state index in [0.29, 0.717) is 22.1 Å². The number of anilines is 2. The molecule has 80 valence electrons. The lowest BCUT2D eigenvalue weighted by Gasteiger charge is -2.31. The first-order valence-electron chi connectivity index (χ1n) is 4.54. The van der Waals surface area contributed by atoms with Gasteiger partial charge in [0.15, 0.2) is 11.9 Å². The number of nitrogen functional groups attached to an aromatic ring is 1. The summed E-state index contributed by atoms with van der Waals surface area (Å²) >= 11 is 5.86. The molecule has 1 heterocycles. The molecule has 2 rings (SSSR count). The maximum atomic E-state index is 11.6. The standard InChI is InChI=1S/C10H11ClN2O2/c1-5-10(14)13(2)8-4-6(11)3-7(12)9(8)15-5/h3-5H,12H2,1-2H3/t5-/m1/s1. The molecule has 0 fully saturated rings. The van der Waals surface area contributed by atoms with Crippen molar-refractivity contribution >= 4 is 28.9 Å². The number of fused-ring (bicyclic) bond motifs is 1. The summed E-state index contributed by atoms with van der Waals surface area (Å²) in [4.78, 5) is 13.1. The van der Waals surface area contributed by atoms with Gasteiger partial charge < -0.3 is 15.4 Å². The lowest BCUT2D eigenvalue weighted by Crippen LogP contribution is -2.42. The van der Waals surface area contributed by atoms with E-state index in [1.165, 1.54) is 4.90 Å². The molecule has 1 aromatic carbocycles. The summed E-state index contributed by atoms with van der Waals surface area (Å²) in [5, 5.41) is 0.490. The number of rotatable bonds is 0. The van der Waals surface area contributed by atoms with Crippen LogP contribution < -0.4 is 15.4 Å². The van der Waals surface area contributed by atoms with Gasteiger partial charge in [-0.25, -0.2) is 0 Å². The first-order valence-corrected chi connectivity index (χ1v) is 4.91. The molecule has 0 saturated heterocycles.